The number of amides is 1. The number of rotatable bonds is 4. The Morgan fingerprint density at radius 2 is 2.06 bits per heavy atom. The Morgan fingerprint density at radius 3 is 2.81 bits per heavy atom. The predicted octanol–water partition coefficient (Wildman–Crippen LogP) is 4.12. The summed E-state index contributed by atoms with van der Waals surface area (Å²) in [7, 11) is 1.60. The maximum absolute atomic E-state index is 13.1. The highest BCUT2D eigenvalue weighted by Crippen LogP contribution is 2.42. The number of Topliss-reactive ketones (excluding diaryl/α,β-unsaturated/α-hetero) is 1. The molecule has 32 heavy (non-hydrogen) atoms. The van der Waals surface area contributed by atoms with E-state index in [0.717, 1.165) is 29.3 Å². The van der Waals surface area contributed by atoms with Gasteiger partial charge in [0, 0.05) is 30.1 Å². The minimum Gasteiger partial charge on any atom is -0.496 e. The molecule has 2 aromatic carbocycles. The summed E-state index contributed by atoms with van der Waals surface area (Å²) >= 11 is 0. The van der Waals surface area contributed by atoms with Gasteiger partial charge in [0.2, 0.25) is 5.78 Å². The van der Waals surface area contributed by atoms with E-state index in [2.05, 4.69) is 10.2 Å². The fourth-order valence-corrected chi connectivity index (χ4v) is 4.51. The predicted molar refractivity (Wildman–Crippen MR) is 118 cm³/mol. The van der Waals surface area contributed by atoms with Crippen LogP contribution in [0.3, 0.4) is 0 Å². The highest BCUT2D eigenvalue weighted by Gasteiger charge is 2.33. The molecule has 0 atom stereocenters. The van der Waals surface area contributed by atoms with E-state index in [1.54, 1.807) is 25.3 Å². The topological polar surface area (TPSA) is 105 Å². The second-order valence-electron chi connectivity index (χ2n) is 8.13. The SMILES string of the molecule is COc1ccc2c(c1CC1CCN(C(=O)O)CC1)OC(=Cc1n[nH]c3ccccc13)C2=O. The molecule has 8 heteroatoms. The van der Waals surface area contributed by atoms with Gasteiger partial charge in [0.05, 0.1) is 23.9 Å². The number of fused-ring (bicyclic) bond motifs is 2. The van der Waals surface area contributed by atoms with Crippen molar-refractivity contribution >= 4 is 28.9 Å². The van der Waals surface area contributed by atoms with E-state index < -0.39 is 6.09 Å². The molecular formula is C24H23N3O5. The highest BCUT2D eigenvalue weighted by molar-refractivity contribution is 6.15. The second-order valence-corrected chi connectivity index (χ2v) is 8.13. The van der Waals surface area contributed by atoms with Crippen molar-refractivity contribution in [2.75, 3.05) is 20.2 Å². The minimum absolute atomic E-state index is 0.184. The number of carbonyl (C=O) groups is 2. The lowest BCUT2D eigenvalue weighted by atomic mass is 9.88. The van der Waals surface area contributed by atoms with E-state index in [1.165, 1.54) is 4.90 Å². The van der Waals surface area contributed by atoms with Gasteiger partial charge in [-0.3, -0.25) is 9.89 Å². The number of para-hydroxylation sites is 1. The van der Waals surface area contributed by atoms with Gasteiger partial charge in [-0.2, -0.15) is 5.10 Å². The molecule has 1 saturated heterocycles. The molecule has 3 heterocycles. The second kappa shape index (κ2) is 8.03. The van der Waals surface area contributed by atoms with Crippen LogP contribution in [0.1, 0.15) is 34.5 Å². The van der Waals surface area contributed by atoms with E-state index in [0.29, 0.717) is 42.3 Å². The van der Waals surface area contributed by atoms with E-state index >= 15 is 0 Å². The van der Waals surface area contributed by atoms with Crippen molar-refractivity contribution in [3.63, 3.8) is 0 Å². The van der Waals surface area contributed by atoms with E-state index in [4.69, 9.17) is 9.47 Å². The third-order valence-corrected chi connectivity index (χ3v) is 6.26. The van der Waals surface area contributed by atoms with Gasteiger partial charge in [-0.1, -0.05) is 18.2 Å². The monoisotopic (exact) mass is 433 g/mol. The number of H-pyrrole nitrogens is 1. The summed E-state index contributed by atoms with van der Waals surface area (Å²) < 4.78 is 11.7. The number of hydrogen-bond donors (Lipinski definition) is 2. The van der Waals surface area contributed by atoms with Crippen LogP contribution in [-0.4, -0.2) is 52.3 Å². The molecule has 2 N–H and O–H groups in total. The molecule has 0 aliphatic carbocycles. The number of aromatic nitrogens is 2. The molecule has 2 aliphatic heterocycles. The Hall–Kier alpha value is -3.81. The van der Waals surface area contributed by atoms with Crippen molar-refractivity contribution in [1.82, 2.24) is 15.1 Å². The number of hydrogen-bond acceptors (Lipinski definition) is 5. The summed E-state index contributed by atoms with van der Waals surface area (Å²) in [5.41, 5.74) is 2.89. The third kappa shape index (κ3) is 3.47. The van der Waals surface area contributed by atoms with Crippen molar-refractivity contribution in [2.24, 2.45) is 5.92 Å². The Kier molecular flexibility index (Phi) is 5.05. The zero-order chi connectivity index (χ0) is 22.2. The first kappa shape index (κ1) is 20.1. The number of methoxy groups -OCH3 is 1. The highest BCUT2D eigenvalue weighted by atomic mass is 16.5. The van der Waals surface area contributed by atoms with Crippen LogP contribution in [-0.2, 0) is 6.42 Å². The number of benzene rings is 2. The van der Waals surface area contributed by atoms with Gasteiger partial charge in [0.15, 0.2) is 5.76 Å². The Balaban J connectivity index is 1.44. The zero-order valence-electron chi connectivity index (χ0n) is 17.6. The van der Waals surface area contributed by atoms with E-state index in [1.807, 2.05) is 24.3 Å². The van der Waals surface area contributed by atoms with E-state index in [-0.39, 0.29) is 17.5 Å². The van der Waals surface area contributed by atoms with Gasteiger partial charge in [-0.25, -0.2) is 4.79 Å². The smallest absolute Gasteiger partial charge is 0.407 e. The number of carbonyl (C=O) groups excluding carboxylic acids is 1. The fourth-order valence-electron chi connectivity index (χ4n) is 4.51. The molecule has 0 unspecified atom stereocenters. The average molecular weight is 433 g/mol. The number of aromatic amines is 1. The molecule has 8 nitrogen and oxygen atoms in total. The quantitative estimate of drug-likeness (QED) is 0.600. The van der Waals surface area contributed by atoms with Crippen molar-refractivity contribution in [1.29, 1.82) is 0 Å². The van der Waals surface area contributed by atoms with Crippen molar-refractivity contribution in [2.45, 2.75) is 19.3 Å². The molecule has 1 amide bonds. The summed E-state index contributed by atoms with van der Waals surface area (Å²) in [5.74, 6) is 1.53. The lowest BCUT2D eigenvalue weighted by Crippen LogP contribution is -2.37. The first-order valence-corrected chi connectivity index (χ1v) is 10.6. The van der Waals surface area contributed by atoms with Crippen LogP contribution in [0.25, 0.3) is 17.0 Å². The van der Waals surface area contributed by atoms with Crippen LogP contribution in [0.5, 0.6) is 11.5 Å². The first-order chi connectivity index (χ1) is 15.5. The van der Waals surface area contributed by atoms with Gasteiger partial charge in [0.25, 0.3) is 0 Å². The third-order valence-electron chi connectivity index (χ3n) is 6.26. The number of nitrogens with one attached hydrogen (secondary N) is 1. The lowest BCUT2D eigenvalue weighted by Gasteiger charge is -2.30. The lowest BCUT2D eigenvalue weighted by molar-refractivity contribution is 0.101. The average Bonchev–Trinajstić information content (AvgIpc) is 3.36. The van der Waals surface area contributed by atoms with Gasteiger partial charge >= 0.3 is 6.09 Å². The molecule has 5 rings (SSSR count). The fraction of sp³-hybridized carbons (Fsp3) is 0.292. The number of ketones is 1. The molecule has 0 spiro atoms. The molecule has 0 saturated carbocycles. The Labute approximate surface area is 184 Å². The normalized spacial score (nSPS) is 17.6. The Bertz CT molecular complexity index is 1240. The largest absolute Gasteiger partial charge is 0.496 e. The molecule has 164 valence electrons. The van der Waals surface area contributed by atoms with Gasteiger partial charge in [-0.05, 0) is 43.4 Å². The van der Waals surface area contributed by atoms with Gasteiger partial charge in [-0.15, -0.1) is 0 Å². The summed E-state index contributed by atoms with van der Waals surface area (Å²) in [5, 5.41) is 17.4. The van der Waals surface area contributed by atoms with Gasteiger partial charge in [0.1, 0.15) is 11.5 Å². The number of allylic oxidation sites excluding steroid dienone is 1. The standard InChI is InChI=1S/C24H23N3O5/c1-31-20-7-6-16-22(28)21(13-19-15-4-2-3-5-18(15)25-26-19)32-23(16)17(20)12-14-8-10-27(11-9-14)24(29)30/h2-7,13-14H,8-12H2,1H3,(H,25,26)(H,29,30). The number of piperidine rings is 1. The molecule has 1 fully saturated rings. The molecular weight excluding hydrogens is 410 g/mol. The van der Waals surface area contributed by atoms with Crippen LogP contribution in [0.2, 0.25) is 0 Å². The number of likely N-dealkylation sites (tertiary alicyclic amines) is 1. The molecule has 2 aliphatic rings. The maximum atomic E-state index is 13.1. The van der Waals surface area contributed by atoms with Crippen LogP contribution < -0.4 is 9.47 Å². The van der Waals surface area contributed by atoms with Crippen LogP contribution in [0.15, 0.2) is 42.2 Å². The first-order valence-electron chi connectivity index (χ1n) is 10.6. The number of nitrogens with zero attached hydrogens (tertiary/aromatic N) is 2. The molecule has 3 aromatic rings. The number of carboxylic acid groups (broad SMARTS) is 1. The zero-order valence-corrected chi connectivity index (χ0v) is 17.6. The molecule has 0 radical (unpaired) electrons. The Morgan fingerprint density at radius 1 is 1.28 bits per heavy atom. The van der Waals surface area contributed by atoms with Crippen LogP contribution in [0.4, 0.5) is 4.79 Å². The van der Waals surface area contributed by atoms with Crippen LogP contribution >= 0.6 is 0 Å². The number of ether oxygens (including phenoxy) is 2. The van der Waals surface area contributed by atoms with Crippen molar-refractivity contribution in [3.05, 3.63) is 59.0 Å². The summed E-state index contributed by atoms with van der Waals surface area (Å²) in [4.78, 5) is 25.7. The van der Waals surface area contributed by atoms with Crippen molar-refractivity contribution < 1.29 is 24.2 Å². The summed E-state index contributed by atoms with van der Waals surface area (Å²) in [6.45, 7) is 1.02. The summed E-state index contributed by atoms with van der Waals surface area (Å²) in [6, 6.07) is 11.2. The summed E-state index contributed by atoms with van der Waals surface area (Å²) in [6.07, 6.45) is 2.97. The molecule has 0 bridgehead atoms. The van der Waals surface area contributed by atoms with Crippen LogP contribution in [0, 0.1) is 5.92 Å². The maximum Gasteiger partial charge on any atom is 0.407 e. The van der Waals surface area contributed by atoms with E-state index in [9.17, 15) is 14.7 Å². The van der Waals surface area contributed by atoms with Gasteiger partial charge < -0.3 is 19.5 Å². The molecule has 1 aromatic heterocycles. The van der Waals surface area contributed by atoms with Crippen molar-refractivity contribution in [3.8, 4) is 11.5 Å². The minimum atomic E-state index is -0.878.